The maximum absolute atomic E-state index is 12.3. The van der Waals surface area contributed by atoms with Gasteiger partial charge in [0, 0.05) is 6.61 Å². The fourth-order valence-electron chi connectivity index (χ4n) is 3.58. The van der Waals surface area contributed by atoms with Crippen molar-refractivity contribution in [1.29, 1.82) is 0 Å². The van der Waals surface area contributed by atoms with Crippen molar-refractivity contribution < 1.29 is 14.3 Å². The van der Waals surface area contributed by atoms with E-state index in [9.17, 15) is 4.79 Å². The van der Waals surface area contributed by atoms with Crippen LogP contribution in [0.15, 0.2) is 12.2 Å². The highest BCUT2D eigenvalue weighted by Crippen LogP contribution is 2.44. The Labute approximate surface area is 109 Å². The van der Waals surface area contributed by atoms with Crippen LogP contribution >= 0.6 is 0 Å². The van der Waals surface area contributed by atoms with Gasteiger partial charge in [0.2, 0.25) is 0 Å². The predicted octanol–water partition coefficient (Wildman–Crippen LogP) is 2.70. The zero-order valence-corrected chi connectivity index (χ0v) is 11.2. The third kappa shape index (κ3) is 2.09. The van der Waals surface area contributed by atoms with Gasteiger partial charge in [-0.3, -0.25) is 4.79 Å². The highest BCUT2D eigenvalue weighted by Gasteiger charge is 2.44. The molecule has 2 bridgehead atoms. The van der Waals surface area contributed by atoms with E-state index >= 15 is 0 Å². The summed E-state index contributed by atoms with van der Waals surface area (Å²) in [5.41, 5.74) is -0.487. The van der Waals surface area contributed by atoms with E-state index < -0.39 is 5.60 Å². The number of esters is 1. The Morgan fingerprint density at radius 1 is 1.33 bits per heavy atom. The van der Waals surface area contributed by atoms with Gasteiger partial charge in [0.25, 0.3) is 0 Å². The number of carbonyl (C=O) groups is 1. The molecule has 0 aromatic heterocycles. The van der Waals surface area contributed by atoms with Crippen LogP contribution in [-0.4, -0.2) is 24.3 Å². The van der Waals surface area contributed by atoms with Crippen LogP contribution in [0.3, 0.4) is 0 Å². The number of rotatable bonds is 3. The van der Waals surface area contributed by atoms with E-state index in [4.69, 9.17) is 9.47 Å². The van der Waals surface area contributed by atoms with E-state index in [0.717, 1.165) is 32.3 Å². The molecule has 3 aliphatic rings. The molecule has 3 rings (SSSR count). The minimum Gasteiger partial charge on any atom is -0.457 e. The molecule has 4 unspecified atom stereocenters. The van der Waals surface area contributed by atoms with E-state index in [0.29, 0.717) is 11.8 Å². The van der Waals surface area contributed by atoms with Crippen LogP contribution in [0.5, 0.6) is 0 Å². The van der Waals surface area contributed by atoms with Gasteiger partial charge in [-0.2, -0.15) is 0 Å². The second-order valence-electron chi connectivity index (χ2n) is 6.41. The van der Waals surface area contributed by atoms with Crippen molar-refractivity contribution in [1.82, 2.24) is 0 Å². The summed E-state index contributed by atoms with van der Waals surface area (Å²) in [4.78, 5) is 12.3. The first-order valence-corrected chi connectivity index (χ1v) is 7.09. The van der Waals surface area contributed by atoms with E-state index in [1.165, 1.54) is 0 Å². The lowest BCUT2D eigenvalue weighted by Gasteiger charge is -2.32. The molecule has 3 heteroatoms. The molecule has 18 heavy (non-hydrogen) atoms. The summed E-state index contributed by atoms with van der Waals surface area (Å²) in [5, 5.41) is 0. The molecule has 1 saturated carbocycles. The Morgan fingerprint density at radius 3 is 2.72 bits per heavy atom. The molecule has 1 heterocycles. The Balaban J connectivity index is 1.62. The smallest absolute Gasteiger partial charge is 0.310 e. The van der Waals surface area contributed by atoms with Crippen LogP contribution in [-0.2, 0) is 14.3 Å². The highest BCUT2D eigenvalue weighted by atomic mass is 16.6. The lowest BCUT2D eigenvalue weighted by Crippen LogP contribution is -2.42. The molecule has 1 saturated heterocycles. The summed E-state index contributed by atoms with van der Waals surface area (Å²) in [5.74, 6) is 1.09. The minimum absolute atomic E-state index is 0.0210. The van der Waals surface area contributed by atoms with Gasteiger partial charge in [0.05, 0.1) is 12.0 Å². The van der Waals surface area contributed by atoms with Gasteiger partial charge in [-0.25, -0.2) is 0 Å². The molecule has 2 aliphatic carbocycles. The largest absolute Gasteiger partial charge is 0.457 e. The first-order valence-electron chi connectivity index (χ1n) is 7.09. The molecule has 0 amide bonds. The average Bonchev–Trinajstić information content (AvgIpc) is 3.05. The number of allylic oxidation sites excluding steroid dienone is 2. The van der Waals surface area contributed by atoms with Crippen molar-refractivity contribution in [2.75, 3.05) is 6.61 Å². The lowest BCUT2D eigenvalue weighted by atomic mass is 9.93. The molecule has 3 nitrogen and oxygen atoms in total. The Kier molecular flexibility index (Phi) is 2.97. The Bertz CT molecular complexity index is 366. The number of fused-ring (bicyclic) bond motifs is 2. The summed E-state index contributed by atoms with van der Waals surface area (Å²) in [6.45, 7) is 4.75. The maximum Gasteiger partial charge on any atom is 0.310 e. The average molecular weight is 250 g/mol. The van der Waals surface area contributed by atoms with Gasteiger partial charge in [-0.05, 0) is 51.4 Å². The molecule has 4 atom stereocenters. The molecule has 1 aliphatic heterocycles. The quantitative estimate of drug-likeness (QED) is 0.570. The minimum atomic E-state index is -0.487. The topological polar surface area (TPSA) is 35.5 Å². The fourth-order valence-corrected chi connectivity index (χ4v) is 3.58. The summed E-state index contributed by atoms with van der Waals surface area (Å²) in [6.07, 6.45) is 8.69. The first kappa shape index (κ1) is 12.2. The van der Waals surface area contributed by atoms with Crippen LogP contribution in [0.25, 0.3) is 0 Å². The highest BCUT2D eigenvalue weighted by molar-refractivity contribution is 5.74. The van der Waals surface area contributed by atoms with E-state index in [-0.39, 0.29) is 18.0 Å². The third-order valence-electron chi connectivity index (χ3n) is 4.65. The van der Waals surface area contributed by atoms with Gasteiger partial charge >= 0.3 is 5.97 Å². The summed E-state index contributed by atoms with van der Waals surface area (Å²) in [6, 6.07) is 0. The van der Waals surface area contributed by atoms with Gasteiger partial charge in [0.1, 0.15) is 5.60 Å². The van der Waals surface area contributed by atoms with Crippen molar-refractivity contribution in [3.05, 3.63) is 12.2 Å². The maximum atomic E-state index is 12.3. The van der Waals surface area contributed by atoms with E-state index in [1.807, 2.05) is 13.8 Å². The van der Waals surface area contributed by atoms with E-state index in [2.05, 4.69) is 12.2 Å². The molecule has 0 spiro atoms. The normalized spacial score (nSPS) is 38.3. The van der Waals surface area contributed by atoms with Crippen molar-refractivity contribution in [2.24, 2.45) is 17.8 Å². The lowest BCUT2D eigenvalue weighted by molar-refractivity contribution is -0.174. The summed E-state index contributed by atoms with van der Waals surface area (Å²) in [7, 11) is 0. The van der Waals surface area contributed by atoms with Gasteiger partial charge < -0.3 is 9.47 Å². The van der Waals surface area contributed by atoms with Crippen LogP contribution in [0.2, 0.25) is 0 Å². The monoisotopic (exact) mass is 250 g/mol. The van der Waals surface area contributed by atoms with Crippen LogP contribution in [0.4, 0.5) is 0 Å². The van der Waals surface area contributed by atoms with Crippen LogP contribution in [0.1, 0.15) is 39.5 Å². The molecule has 0 aromatic rings. The van der Waals surface area contributed by atoms with Gasteiger partial charge in [-0.1, -0.05) is 12.2 Å². The van der Waals surface area contributed by atoms with Crippen LogP contribution < -0.4 is 0 Å². The first-order chi connectivity index (χ1) is 8.56. The van der Waals surface area contributed by atoms with Gasteiger partial charge in [0.15, 0.2) is 0 Å². The van der Waals surface area contributed by atoms with Gasteiger partial charge in [-0.15, -0.1) is 0 Å². The zero-order chi connectivity index (χ0) is 12.8. The molecular formula is C15H22O3. The van der Waals surface area contributed by atoms with Crippen molar-refractivity contribution in [3.8, 4) is 0 Å². The van der Waals surface area contributed by atoms with Crippen molar-refractivity contribution in [2.45, 2.75) is 51.2 Å². The molecule has 0 aromatic carbocycles. The molecule has 2 fully saturated rings. The second kappa shape index (κ2) is 4.37. The third-order valence-corrected chi connectivity index (χ3v) is 4.65. The molecule has 0 N–H and O–H groups in total. The standard InChI is InChI=1S/C15H22O3/c1-15(2,13-4-3-7-17-13)18-14(16)12-9-10-5-6-11(12)8-10/h5-6,10-13H,3-4,7-9H2,1-2H3. The molecule has 100 valence electrons. The summed E-state index contributed by atoms with van der Waals surface area (Å²) >= 11 is 0. The van der Waals surface area contributed by atoms with Crippen LogP contribution in [0, 0.1) is 17.8 Å². The number of hydrogen-bond acceptors (Lipinski definition) is 3. The number of carbonyl (C=O) groups excluding carboxylic acids is 1. The fraction of sp³-hybridized carbons (Fsp3) is 0.800. The number of ether oxygens (including phenoxy) is 2. The number of hydrogen-bond donors (Lipinski definition) is 0. The van der Waals surface area contributed by atoms with Crippen molar-refractivity contribution in [3.63, 3.8) is 0 Å². The van der Waals surface area contributed by atoms with E-state index in [1.54, 1.807) is 0 Å². The SMILES string of the molecule is CC(C)(OC(=O)C1CC2C=CC1C2)C1CCCO1. The molecule has 0 radical (unpaired) electrons. The van der Waals surface area contributed by atoms with Crippen molar-refractivity contribution >= 4 is 5.97 Å². The summed E-state index contributed by atoms with van der Waals surface area (Å²) < 4.78 is 11.4. The molecular weight excluding hydrogens is 228 g/mol. The zero-order valence-electron chi connectivity index (χ0n) is 11.2. The Hall–Kier alpha value is -0.830. The predicted molar refractivity (Wildman–Crippen MR) is 68.0 cm³/mol. The Morgan fingerprint density at radius 2 is 2.17 bits per heavy atom. The second-order valence-corrected chi connectivity index (χ2v) is 6.41.